The number of rotatable bonds is 20. The Morgan fingerprint density at radius 2 is 1.07 bits per heavy atom. The fourth-order valence-corrected chi connectivity index (χ4v) is 15.3. The highest BCUT2D eigenvalue weighted by Crippen LogP contribution is 2.50. The number of carbonyl (C=O) groups excluding carboxylic acids is 10. The van der Waals surface area contributed by atoms with Crippen LogP contribution in [-0.4, -0.2) is 159 Å². The van der Waals surface area contributed by atoms with Crippen LogP contribution in [-0.2, 0) is 65.5 Å². The van der Waals surface area contributed by atoms with Gasteiger partial charge in [-0.3, -0.25) is 33.6 Å². The number of nitrogens with one attached hydrogen (secondary N) is 9. The van der Waals surface area contributed by atoms with Crippen molar-refractivity contribution in [1.82, 2.24) is 52.8 Å². The number of ether oxygens (including phenoxy) is 6. The SMILES string of the molecule is CCCCCCCCCCN(Cc1c(O)cc2c(c1O)-c1cc(ccc1O)[C@@H]1NC(=O)[C@H]3NC(=O)[C@H]4NC(=O)[C@H](Cc5ccc(c(Cl)c5)Oc5cc3cc(c5O)Oc3ccc(cc3Cl)C(O)[C@H](NC1=O)C(=O)N[C@@H]2C(=O)O)NC(=O)[C@@H](NC(=O)OC(C)(C)C)c1ccc(O)c(c1)Oc1cc(O)cc4c1)C(=O)C(CCCCNC(=O)OC(C)(C)C)NC(=O)OC(C)(C)C. The lowest BCUT2D eigenvalue weighted by molar-refractivity contribution is -0.143. The highest BCUT2D eigenvalue weighted by molar-refractivity contribution is 6.32. The monoisotopic (exact) mass is 1790 g/mol. The average molecular weight is 1800 g/mol. The molecule has 13 rings (SSSR count). The molecule has 0 aliphatic carbocycles. The Hall–Kier alpha value is -13.2. The van der Waals surface area contributed by atoms with Gasteiger partial charge in [0.05, 0.1) is 22.2 Å². The maximum atomic E-state index is 16.4. The lowest BCUT2D eigenvalue weighted by Crippen LogP contribution is -2.55. The van der Waals surface area contributed by atoms with Gasteiger partial charge in [-0.1, -0.05) is 99.3 Å². The molecule has 0 spiro atoms. The van der Waals surface area contributed by atoms with E-state index >= 15 is 33.6 Å². The standard InChI is InChI=1S/C90H104Cl2N10O25/c1-11-12-13-14-15-16-17-20-31-102(83(116)57(95-86(120)126-89(5,6)7)21-18-19-30-93-85(119)125-88(2,3)4)43-54-61(106)42-53-67(75(54)108)52-36-45(23-26-59(52)104)68-79(112)100-73(82(115)99-72(53)84(117)118)74(107)47-25-29-63(56(92)37-47)124-66-40-49-39-65(76(66)109)123-62-28-22-44(32-55(62)91)33-58-77(110)96-70(80(113)98-71(49)81(114)97-68)48-34-50(103)41-51(35-48)122-64-38-46(24-27-60(64)105)69(78(111)94-58)101-87(121)127-90(8,9)10/h22-29,32,34-42,57-58,68-74,103-109H,11-21,30-31,33,43H2,1-10H3,(H,93,119)(H,94,111)(H,95,120)(H,96,110)(H,97,114)(H,98,113)(H,99,115)(H,100,112)(H,101,121)(H,117,118)/t57?,58-,68-,69-,70-,71-,72-,73-,74?/m0/s1. The maximum Gasteiger partial charge on any atom is 0.408 e. The van der Waals surface area contributed by atoms with E-state index in [-0.39, 0.29) is 87.6 Å². The molecule has 678 valence electrons. The van der Waals surface area contributed by atoms with E-state index in [2.05, 4.69) is 54.8 Å². The first-order valence-corrected chi connectivity index (χ1v) is 42.2. The van der Waals surface area contributed by atoms with Crippen LogP contribution in [0.1, 0.15) is 221 Å². The van der Waals surface area contributed by atoms with Gasteiger partial charge in [-0.2, -0.15) is 0 Å². The largest absolute Gasteiger partial charge is 0.508 e. The number of fused-ring (bicyclic) bond motifs is 14. The summed E-state index contributed by atoms with van der Waals surface area (Å²) >= 11 is 14.0. The molecule has 0 radical (unpaired) electrons. The molecule has 0 saturated carbocycles. The summed E-state index contributed by atoms with van der Waals surface area (Å²) in [5.41, 5.74) is -6.66. The van der Waals surface area contributed by atoms with E-state index < -0.39 is 229 Å². The lowest BCUT2D eigenvalue weighted by Gasteiger charge is -2.32. The Balaban J connectivity index is 1.08. The van der Waals surface area contributed by atoms with Crippen molar-refractivity contribution in [3.05, 3.63) is 164 Å². The summed E-state index contributed by atoms with van der Waals surface area (Å²) in [6, 6.07) is 3.84. The molecule has 0 saturated heterocycles. The van der Waals surface area contributed by atoms with E-state index in [4.69, 9.17) is 51.6 Å². The Kier molecular flexibility index (Phi) is 29.8. The molecule has 17 bridgehead atoms. The van der Waals surface area contributed by atoms with Crippen LogP contribution in [0.15, 0.2) is 109 Å². The summed E-state index contributed by atoms with van der Waals surface area (Å²) in [6.45, 7) is 16.0. The van der Waals surface area contributed by atoms with Gasteiger partial charge in [-0.25, -0.2) is 19.2 Å². The van der Waals surface area contributed by atoms with Gasteiger partial charge < -0.3 is 122 Å². The molecule has 10 amide bonds. The predicted molar refractivity (Wildman–Crippen MR) is 459 cm³/mol. The number of carboxylic acids is 1. The molecule has 7 aromatic rings. The summed E-state index contributed by atoms with van der Waals surface area (Å²) in [5, 5.41) is 120. The fraction of sp³-hybridized carbons (Fsp3) is 0.411. The topological polar surface area (TPSA) is 516 Å². The van der Waals surface area contributed by atoms with Gasteiger partial charge in [0.25, 0.3) is 0 Å². The third-order valence-electron chi connectivity index (χ3n) is 20.9. The molecule has 35 nitrogen and oxygen atoms in total. The van der Waals surface area contributed by atoms with Crippen LogP contribution in [0.3, 0.4) is 0 Å². The highest BCUT2D eigenvalue weighted by atomic mass is 35.5. The van der Waals surface area contributed by atoms with E-state index in [1.165, 1.54) is 41.3 Å². The van der Waals surface area contributed by atoms with Crippen molar-refractivity contribution in [2.45, 2.75) is 224 Å². The molecule has 7 aromatic carbocycles. The van der Waals surface area contributed by atoms with Crippen LogP contribution in [0.5, 0.6) is 69.0 Å². The number of alkyl carbamates (subject to hydrolysis) is 3. The Labute approximate surface area is 740 Å². The summed E-state index contributed by atoms with van der Waals surface area (Å²) in [5.74, 6) is -17.8. The zero-order chi connectivity index (χ0) is 92.4. The van der Waals surface area contributed by atoms with Crippen LogP contribution >= 0.6 is 23.2 Å². The van der Waals surface area contributed by atoms with Crippen molar-refractivity contribution in [2.75, 3.05) is 13.1 Å². The van der Waals surface area contributed by atoms with Crippen molar-refractivity contribution in [3.63, 3.8) is 0 Å². The Morgan fingerprint density at radius 1 is 0.512 bits per heavy atom. The molecule has 0 aromatic heterocycles. The first-order chi connectivity index (χ1) is 59.9. The van der Waals surface area contributed by atoms with Crippen LogP contribution in [0.4, 0.5) is 14.4 Å². The average Bonchev–Trinajstić information content (AvgIpc) is 0.750. The second-order valence-corrected chi connectivity index (χ2v) is 35.1. The van der Waals surface area contributed by atoms with Gasteiger partial charge in [0.15, 0.2) is 29.0 Å². The van der Waals surface area contributed by atoms with Crippen molar-refractivity contribution >= 4 is 88.8 Å². The van der Waals surface area contributed by atoms with E-state index in [1.807, 2.05) is 0 Å². The summed E-state index contributed by atoms with van der Waals surface area (Å²) in [6.07, 6.45) is 1.30. The van der Waals surface area contributed by atoms with Gasteiger partial charge in [-0.05, 0) is 200 Å². The Morgan fingerprint density at radius 3 is 1.70 bits per heavy atom. The number of carboxylic acid groups (broad SMARTS) is 1. The molecular weight excluding hydrogens is 1690 g/mol. The number of aromatic hydroxyl groups is 6. The van der Waals surface area contributed by atoms with Gasteiger partial charge in [0, 0.05) is 42.3 Å². The van der Waals surface area contributed by atoms with E-state index in [9.17, 15) is 60.0 Å². The van der Waals surface area contributed by atoms with Crippen molar-refractivity contribution < 1.29 is 122 Å². The van der Waals surface area contributed by atoms with Crippen LogP contribution in [0.25, 0.3) is 11.1 Å². The van der Waals surface area contributed by atoms with E-state index in [1.54, 1.807) is 62.3 Å². The van der Waals surface area contributed by atoms with Crippen molar-refractivity contribution in [2.24, 2.45) is 0 Å². The van der Waals surface area contributed by atoms with Crippen molar-refractivity contribution in [3.8, 4) is 80.1 Å². The first-order valence-electron chi connectivity index (χ1n) is 41.4. The minimum Gasteiger partial charge on any atom is -0.508 e. The number of hydrogen-bond acceptors (Lipinski definition) is 24. The molecule has 0 fully saturated rings. The molecule has 37 heteroatoms. The number of hydrogen-bond donors (Lipinski definition) is 17. The minimum atomic E-state index is -2.42. The van der Waals surface area contributed by atoms with Crippen LogP contribution in [0, 0.1) is 0 Å². The summed E-state index contributed by atoms with van der Waals surface area (Å²) in [4.78, 5) is 165. The second kappa shape index (κ2) is 40.0. The zero-order valence-electron chi connectivity index (χ0n) is 71.4. The van der Waals surface area contributed by atoms with Gasteiger partial charge >= 0.3 is 24.2 Å². The van der Waals surface area contributed by atoms with Crippen LogP contribution < -0.4 is 62.1 Å². The molecule has 2 unspecified atom stereocenters. The predicted octanol–water partition coefficient (Wildman–Crippen LogP) is 12.6. The second-order valence-electron chi connectivity index (χ2n) is 34.3. The quantitative estimate of drug-likeness (QED) is 0.0249. The number of aliphatic carboxylic acids is 1. The molecule has 127 heavy (non-hydrogen) atoms. The minimum absolute atomic E-state index is 0.0356. The van der Waals surface area contributed by atoms with Gasteiger partial charge in [-0.15, -0.1) is 0 Å². The fourth-order valence-electron chi connectivity index (χ4n) is 14.8. The number of halogens is 2. The third-order valence-corrected chi connectivity index (χ3v) is 21.4. The normalized spacial score (nSPS) is 19.1. The lowest BCUT2D eigenvalue weighted by atomic mass is 9.87. The summed E-state index contributed by atoms with van der Waals surface area (Å²) in [7, 11) is 0. The number of nitrogens with zero attached hydrogens (tertiary/aromatic N) is 1. The summed E-state index contributed by atoms with van der Waals surface area (Å²) < 4.78 is 35.4. The van der Waals surface area contributed by atoms with E-state index in [0.29, 0.717) is 12.8 Å². The number of phenolic OH excluding ortho intramolecular Hbond substituents is 6. The van der Waals surface area contributed by atoms with Gasteiger partial charge in [0.2, 0.25) is 47.1 Å². The Bertz CT molecular complexity index is 5400. The number of carbonyl (C=O) groups is 11. The molecule has 17 N–H and O–H groups in total. The number of unbranched alkanes of at least 4 members (excludes halogenated alkanes) is 8. The number of benzene rings is 7. The maximum absolute atomic E-state index is 16.4. The van der Waals surface area contributed by atoms with E-state index in [0.717, 1.165) is 111 Å². The first kappa shape index (κ1) is 94.5. The number of aliphatic hydroxyl groups is 1. The van der Waals surface area contributed by atoms with Crippen LogP contribution in [0.2, 0.25) is 10.0 Å². The molecular formula is C90H104Cl2N10O25. The number of amides is 10. The van der Waals surface area contributed by atoms with Crippen molar-refractivity contribution in [1.29, 1.82) is 0 Å². The number of phenols is 6. The molecule has 6 heterocycles. The molecule has 6 aliphatic heterocycles. The molecule has 6 aliphatic rings. The van der Waals surface area contributed by atoms with Gasteiger partial charge in [0.1, 0.15) is 105 Å². The number of aliphatic hydroxyl groups excluding tert-OH is 1. The molecule has 9 atom stereocenters. The zero-order valence-corrected chi connectivity index (χ0v) is 72.9. The third kappa shape index (κ3) is 24.1. The highest BCUT2D eigenvalue weighted by Gasteiger charge is 2.43. The smallest absolute Gasteiger partial charge is 0.408 e.